The molecule has 0 radical (unpaired) electrons. The molecule has 0 heterocycles. The summed E-state index contributed by atoms with van der Waals surface area (Å²) in [5, 5.41) is 14.3. The zero-order valence-electron chi connectivity index (χ0n) is 17.5. The van der Waals surface area contributed by atoms with Crippen LogP contribution in [-0.2, 0) is 28.8 Å². The number of likely N-dealkylation sites (N-methyl/N-ethyl adjacent to an activating group) is 1. The van der Waals surface area contributed by atoms with E-state index in [9.17, 15) is 28.8 Å². The summed E-state index contributed by atoms with van der Waals surface area (Å²) >= 11 is 0. The van der Waals surface area contributed by atoms with Gasteiger partial charge in [-0.25, -0.2) is 0 Å². The van der Waals surface area contributed by atoms with Gasteiger partial charge < -0.3 is 31.9 Å². The zero-order valence-corrected chi connectivity index (χ0v) is 17.5. The normalized spacial score (nSPS) is 14.3. The fraction of sp³-hybridized carbons (Fsp3) is 0.647. The van der Waals surface area contributed by atoms with Crippen molar-refractivity contribution in [2.45, 2.75) is 58.8 Å². The highest BCUT2D eigenvalue weighted by Gasteiger charge is 2.22. The smallest absolute Gasteiger partial charge is 0.242 e. The second kappa shape index (κ2) is 12.3. The third-order valence-corrected chi connectivity index (χ3v) is 3.76. The second-order valence-electron chi connectivity index (χ2n) is 6.50. The maximum absolute atomic E-state index is 12.0. The Hall–Kier alpha value is -3.18. The van der Waals surface area contributed by atoms with Crippen LogP contribution >= 0.6 is 0 Å². The van der Waals surface area contributed by atoms with E-state index in [1.54, 1.807) is 0 Å². The van der Waals surface area contributed by atoms with Crippen molar-refractivity contribution in [2.75, 3.05) is 13.6 Å². The van der Waals surface area contributed by atoms with Crippen LogP contribution < -0.4 is 31.9 Å². The maximum atomic E-state index is 12.0. The van der Waals surface area contributed by atoms with Gasteiger partial charge in [0, 0.05) is 14.0 Å². The molecule has 0 unspecified atom stereocenters. The number of nitrogens with one attached hydrogen (secondary N) is 6. The largest absolute Gasteiger partial charge is 0.357 e. The highest BCUT2D eigenvalue weighted by molar-refractivity contribution is 5.94. The molecular formula is C17H30N6O6. The van der Waals surface area contributed by atoms with Gasteiger partial charge in [-0.05, 0) is 27.7 Å². The molecule has 0 aromatic carbocycles. The lowest BCUT2D eigenvalue weighted by Crippen LogP contribution is -2.54. The van der Waals surface area contributed by atoms with Gasteiger partial charge in [0.15, 0.2) is 0 Å². The monoisotopic (exact) mass is 414 g/mol. The Morgan fingerprint density at radius 2 is 1.03 bits per heavy atom. The highest BCUT2D eigenvalue weighted by Crippen LogP contribution is 1.89. The van der Waals surface area contributed by atoms with Crippen LogP contribution in [0, 0.1) is 0 Å². The van der Waals surface area contributed by atoms with Gasteiger partial charge in [0.25, 0.3) is 0 Å². The average molecular weight is 414 g/mol. The van der Waals surface area contributed by atoms with Crippen LogP contribution in [0.15, 0.2) is 0 Å². The minimum atomic E-state index is -0.944. The van der Waals surface area contributed by atoms with Gasteiger partial charge in [0.2, 0.25) is 35.4 Å². The minimum absolute atomic E-state index is 0.381. The molecule has 0 saturated carbocycles. The summed E-state index contributed by atoms with van der Waals surface area (Å²) in [6, 6.07) is -3.46. The Labute approximate surface area is 169 Å². The first-order valence-electron chi connectivity index (χ1n) is 9.05. The van der Waals surface area contributed by atoms with Crippen molar-refractivity contribution in [3.8, 4) is 0 Å². The van der Waals surface area contributed by atoms with Crippen molar-refractivity contribution in [1.82, 2.24) is 31.9 Å². The van der Waals surface area contributed by atoms with Crippen LogP contribution in [0.2, 0.25) is 0 Å². The summed E-state index contributed by atoms with van der Waals surface area (Å²) in [5.74, 6) is -3.12. The number of hydrogen-bond donors (Lipinski definition) is 6. The molecule has 164 valence electrons. The van der Waals surface area contributed by atoms with Crippen LogP contribution in [0.3, 0.4) is 0 Å². The van der Waals surface area contributed by atoms with Crippen LogP contribution in [0.1, 0.15) is 34.6 Å². The molecule has 0 aliphatic heterocycles. The molecule has 29 heavy (non-hydrogen) atoms. The number of carbonyl (C=O) groups is 6. The lowest BCUT2D eigenvalue weighted by Gasteiger charge is -2.19. The van der Waals surface area contributed by atoms with E-state index in [4.69, 9.17) is 0 Å². The summed E-state index contributed by atoms with van der Waals surface area (Å²) in [5.41, 5.74) is 0. The molecule has 0 aromatic heterocycles. The predicted octanol–water partition coefficient (Wildman–Crippen LogP) is -3.11. The molecule has 4 atom stereocenters. The Kier molecular flexibility index (Phi) is 11.0. The van der Waals surface area contributed by atoms with Crippen molar-refractivity contribution in [2.24, 2.45) is 0 Å². The predicted molar refractivity (Wildman–Crippen MR) is 103 cm³/mol. The van der Waals surface area contributed by atoms with Crippen molar-refractivity contribution in [3.05, 3.63) is 0 Å². The van der Waals surface area contributed by atoms with Crippen LogP contribution in [0.5, 0.6) is 0 Å². The lowest BCUT2D eigenvalue weighted by molar-refractivity contribution is -0.132. The standard InChI is InChI=1S/C17H30N6O6/c1-8(14(26)18-6)22-17(29)11(4)21-13(25)7-19-15(27)9(2)23-16(28)10(3)20-12(5)24/h8-11H,7H2,1-6H3,(H,18,26)(H,19,27)(H,20,24)(H,21,25)(H,22,29)(H,23,28)/t8-,9-,10-,11-/m0/s1. The molecule has 12 nitrogen and oxygen atoms in total. The summed E-state index contributed by atoms with van der Waals surface area (Å²) < 4.78 is 0. The van der Waals surface area contributed by atoms with E-state index in [1.807, 2.05) is 0 Å². The number of rotatable bonds is 10. The quantitative estimate of drug-likeness (QED) is 0.221. The number of hydrogen-bond acceptors (Lipinski definition) is 6. The van der Waals surface area contributed by atoms with E-state index in [2.05, 4.69) is 31.9 Å². The van der Waals surface area contributed by atoms with Crippen LogP contribution in [0.4, 0.5) is 0 Å². The topological polar surface area (TPSA) is 175 Å². The molecule has 12 heteroatoms. The Balaban J connectivity index is 4.39. The second-order valence-corrected chi connectivity index (χ2v) is 6.50. The Morgan fingerprint density at radius 3 is 1.48 bits per heavy atom. The molecule has 0 aromatic rings. The van der Waals surface area contributed by atoms with Gasteiger partial charge in [-0.2, -0.15) is 0 Å². The Morgan fingerprint density at radius 1 is 0.621 bits per heavy atom. The molecule has 0 bridgehead atoms. The molecule has 0 spiro atoms. The van der Waals surface area contributed by atoms with E-state index in [1.165, 1.54) is 41.7 Å². The van der Waals surface area contributed by atoms with Gasteiger partial charge >= 0.3 is 0 Å². The third kappa shape index (κ3) is 10.1. The summed E-state index contributed by atoms with van der Waals surface area (Å²) in [4.78, 5) is 70.0. The van der Waals surface area contributed by atoms with Crippen LogP contribution in [-0.4, -0.2) is 73.2 Å². The summed E-state index contributed by atoms with van der Waals surface area (Å²) in [7, 11) is 1.43. The molecule has 0 saturated heterocycles. The molecule has 0 aliphatic rings. The molecule has 0 rings (SSSR count). The summed E-state index contributed by atoms with van der Waals surface area (Å²) in [6.45, 7) is 6.65. The van der Waals surface area contributed by atoms with Crippen molar-refractivity contribution in [3.63, 3.8) is 0 Å². The highest BCUT2D eigenvalue weighted by atomic mass is 16.2. The van der Waals surface area contributed by atoms with Crippen molar-refractivity contribution >= 4 is 35.4 Å². The zero-order chi connectivity index (χ0) is 22.7. The number of amides is 6. The Bertz CT molecular complexity index is 652. The number of carbonyl (C=O) groups excluding carboxylic acids is 6. The molecule has 6 N–H and O–H groups in total. The van der Waals surface area contributed by atoms with Gasteiger partial charge in [0.1, 0.15) is 24.2 Å². The molecule has 6 amide bonds. The first-order valence-corrected chi connectivity index (χ1v) is 9.05. The van der Waals surface area contributed by atoms with E-state index in [-0.39, 0.29) is 11.8 Å². The first kappa shape index (κ1) is 25.8. The third-order valence-electron chi connectivity index (χ3n) is 3.76. The first-order chi connectivity index (χ1) is 13.4. The van der Waals surface area contributed by atoms with Gasteiger partial charge in [0.05, 0.1) is 6.54 Å². The molecule has 0 aliphatic carbocycles. The van der Waals surface area contributed by atoms with E-state index >= 15 is 0 Å². The van der Waals surface area contributed by atoms with E-state index in [0.29, 0.717) is 0 Å². The SMILES string of the molecule is CNC(=O)[C@H](C)NC(=O)[C@H](C)NC(=O)CNC(=O)[C@H](C)NC(=O)[C@H](C)NC(C)=O. The van der Waals surface area contributed by atoms with Crippen molar-refractivity contribution < 1.29 is 28.8 Å². The van der Waals surface area contributed by atoms with Gasteiger partial charge in [-0.15, -0.1) is 0 Å². The fourth-order valence-corrected chi connectivity index (χ4v) is 2.07. The fourth-order valence-electron chi connectivity index (χ4n) is 2.07. The summed E-state index contributed by atoms with van der Waals surface area (Å²) in [6.07, 6.45) is 0. The van der Waals surface area contributed by atoms with Gasteiger partial charge in [-0.1, -0.05) is 0 Å². The van der Waals surface area contributed by atoms with Crippen LogP contribution in [0.25, 0.3) is 0 Å². The van der Waals surface area contributed by atoms with E-state index < -0.39 is 54.3 Å². The molecular weight excluding hydrogens is 384 g/mol. The van der Waals surface area contributed by atoms with Gasteiger partial charge in [-0.3, -0.25) is 28.8 Å². The lowest BCUT2D eigenvalue weighted by atomic mass is 10.2. The minimum Gasteiger partial charge on any atom is -0.357 e. The van der Waals surface area contributed by atoms with E-state index in [0.717, 1.165) is 0 Å². The average Bonchev–Trinajstić information content (AvgIpc) is 2.64. The maximum Gasteiger partial charge on any atom is 0.242 e. The molecule has 0 fully saturated rings. The van der Waals surface area contributed by atoms with Crippen molar-refractivity contribution in [1.29, 1.82) is 0 Å².